The lowest BCUT2D eigenvalue weighted by molar-refractivity contribution is 0.0697. The Hall–Kier alpha value is -1.58. The molecule has 0 aromatic carbocycles. The minimum Gasteiger partial charge on any atom is -0.478 e. The number of aromatic nitrogens is 1. The first-order valence-electron chi connectivity index (χ1n) is 4.98. The second kappa shape index (κ2) is 3.22. The van der Waals surface area contributed by atoms with E-state index >= 15 is 0 Å². The van der Waals surface area contributed by atoms with Crippen LogP contribution in [-0.4, -0.2) is 21.6 Å². The molecule has 80 valence electrons. The van der Waals surface area contributed by atoms with E-state index in [1.807, 2.05) is 6.92 Å². The van der Waals surface area contributed by atoms with E-state index in [2.05, 4.69) is 17.2 Å². The van der Waals surface area contributed by atoms with Crippen molar-refractivity contribution in [2.45, 2.75) is 32.2 Å². The van der Waals surface area contributed by atoms with Gasteiger partial charge in [0.05, 0.1) is 5.69 Å². The Balaban J connectivity index is 2.34. The van der Waals surface area contributed by atoms with Crippen LogP contribution in [0.5, 0.6) is 0 Å². The van der Waals surface area contributed by atoms with Crippen LogP contribution in [-0.2, 0) is 0 Å². The fourth-order valence-corrected chi connectivity index (χ4v) is 1.47. The van der Waals surface area contributed by atoms with Crippen molar-refractivity contribution in [2.75, 3.05) is 5.32 Å². The minimum absolute atomic E-state index is 0.0813. The Morgan fingerprint density at radius 1 is 1.60 bits per heavy atom. The van der Waals surface area contributed by atoms with Crippen LogP contribution >= 0.6 is 0 Å². The molecule has 1 aromatic heterocycles. The standard InChI is InChI=1S/C11H14N2O2/c1-7-5-9(13-11(2)3-4-11)8(6-12-7)10(14)15/h5-6H,3-4H2,1-2H3,(H,12,13)(H,14,15). The quantitative estimate of drug-likeness (QED) is 0.794. The molecule has 1 fully saturated rings. The fourth-order valence-electron chi connectivity index (χ4n) is 1.47. The number of carboxylic acid groups (broad SMARTS) is 1. The fraction of sp³-hybridized carbons (Fsp3) is 0.455. The summed E-state index contributed by atoms with van der Waals surface area (Å²) in [6, 6.07) is 1.78. The Morgan fingerprint density at radius 3 is 2.80 bits per heavy atom. The van der Waals surface area contributed by atoms with Crippen LogP contribution in [0.15, 0.2) is 12.3 Å². The summed E-state index contributed by atoms with van der Waals surface area (Å²) in [5.74, 6) is -0.936. The molecule has 0 atom stereocenters. The molecule has 4 nitrogen and oxygen atoms in total. The Morgan fingerprint density at radius 2 is 2.27 bits per heavy atom. The highest BCUT2D eigenvalue weighted by molar-refractivity contribution is 5.94. The molecule has 1 aromatic rings. The van der Waals surface area contributed by atoms with E-state index in [9.17, 15) is 4.79 Å². The zero-order valence-corrected chi connectivity index (χ0v) is 8.87. The van der Waals surface area contributed by atoms with E-state index in [-0.39, 0.29) is 11.1 Å². The molecule has 0 spiro atoms. The highest BCUT2D eigenvalue weighted by atomic mass is 16.4. The van der Waals surface area contributed by atoms with E-state index in [1.54, 1.807) is 6.07 Å². The van der Waals surface area contributed by atoms with Gasteiger partial charge in [-0.2, -0.15) is 0 Å². The molecular weight excluding hydrogens is 192 g/mol. The third kappa shape index (κ3) is 2.09. The Kier molecular flexibility index (Phi) is 2.14. The van der Waals surface area contributed by atoms with Crippen LogP contribution in [0.1, 0.15) is 35.8 Å². The smallest absolute Gasteiger partial charge is 0.339 e. The molecule has 1 aliphatic carbocycles. The van der Waals surface area contributed by atoms with Crippen LogP contribution < -0.4 is 5.32 Å². The van der Waals surface area contributed by atoms with Crippen LogP contribution in [0.2, 0.25) is 0 Å². The first kappa shape index (κ1) is 9.96. The molecule has 1 saturated carbocycles. The maximum Gasteiger partial charge on any atom is 0.339 e. The zero-order chi connectivity index (χ0) is 11.1. The maximum absolute atomic E-state index is 11.0. The van der Waals surface area contributed by atoms with Crippen molar-refractivity contribution in [1.29, 1.82) is 0 Å². The average Bonchev–Trinajstić information content (AvgIpc) is 2.82. The van der Waals surface area contributed by atoms with Crippen LogP contribution in [0.4, 0.5) is 5.69 Å². The number of hydrogen-bond donors (Lipinski definition) is 2. The summed E-state index contributed by atoms with van der Waals surface area (Å²) >= 11 is 0. The molecule has 1 heterocycles. The lowest BCUT2D eigenvalue weighted by Crippen LogP contribution is -2.18. The van der Waals surface area contributed by atoms with Gasteiger partial charge in [0.25, 0.3) is 0 Å². The molecule has 0 bridgehead atoms. The van der Waals surface area contributed by atoms with E-state index in [4.69, 9.17) is 5.11 Å². The first-order valence-corrected chi connectivity index (χ1v) is 4.98. The van der Waals surface area contributed by atoms with Gasteiger partial charge in [0.2, 0.25) is 0 Å². The first-order chi connectivity index (χ1) is 7.00. The molecule has 0 aliphatic heterocycles. The van der Waals surface area contributed by atoms with E-state index in [0.29, 0.717) is 5.69 Å². The molecule has 0 amide bonds. The van der Waals surface area contributed by atoms with Gasteiger partial charge in [-0.15, -0.1) is 0 Å². The number of anilines is 1. The lowest BCUT2D eigenvalue weighted by Gasteiger charge is -2.15. The van der Waals surface area contributed by atoms with Gasteiger partial charge in [-0.3, -0.25) is 4.98 Å². The number of carboxylic acids is 1. The van der Waals surface area contributed by atoms with Gasteiger partial charge in [-0.05, 0) is 32.8 Å². The largest absolute Gasteiger partial charge is 0.478 e. The number of rotatable bonds is 3. The van der Waals surface area contributed by atoms with Crippen LogP contribution in [0, 0.1) is 6.92 Å². The van der Waals surface area contributed by atoms with Crippen molar-refractivity contribution in [3.05, 3.63) is 23.5 Å². The van der Waals surface area contributed by atoms with Crippen molar-refractivity contribution in [2.24, 2.45) is 0 Å². The number of nitrogens with zero attached hydrogens (tertiary/aromatic N) is 1. The van der Waals surface area contributed by atoms with Gasteiger partial charge in [0.15, 0.2) is 0 Å². The van der Waals surface area contributed by atoms with Crippen molar-refractivity contribution < 1.29 is 9.90 Å². The van der Waals surface area contributed by atoms with Crippen LogP contribution in [0.25, 0.3) is 0 Å². The monoisotopic (exact) mass is 206 g/mol. The van der Waals surface area contributed by atoms with E-state index in [0.717, 1.165) is 18.5 Å². The number of carbonyl (C=O) groups is 1. The molecule has 0 radical (unpaired) electrons. The third-order valence-electron chi connectivity index (χ3n) is 2.71. The average molecular weight is 206 g/mol. The summed E-state index contributed by atoms with van der Waals surface area (Å²) in [7, 11) is 0. The van der Waals surface area contributed by atoms with Crippen molar-refractivity contribution in [3.8, 4) is 0 Å². The molecule has 2 N–H and O–H groups in total. The predicted molar refractivity (Wildman–Crippen MR) is 57.2 cm³/mol. The molecule has 2 rings (SSSR count). The van der Waals surface area contributed by atoms with E-state index < -0.39 is 5.97 Å². The summed E-state index contributed by atoms with van der Waals surface area (Å²) < 4.78 is 0. The molecule has 0 saturated heterocycles. The second-order valence-corrected chi connectivity index (χ2v) is 4.36. The molecule has 15 heavy (non-hydrogen) atoms. The van der Waals surface area contributed by atoms with Gasteiger partial charge in [-0.1, -0.05) is 0 Å². The number of aryl methyl sites for hydroxylation is 1. The number of hydrogen-bond acceptors (Lipinski definition) is 3. The van der Waals surface area contributed by atoms with Gasteiger partial charge in [-0.25, -0.2) is 4.79 Å². The Labute approximate surface area is 88.3 Å². The van der Waals surface area contributed by atoms with Gasteiger partial charge in [0.1, 0.15) is 5.56 Å². The topological polar surface area (TPSA) is 62.2 Å². The minimum atomic E-state index is -0.936. The van der Waals surface area contributed by atoms with Crippen molar-refractivity contribution >= 4 is 11.7 Å². The summed E-state index contributed by atoms with van der Waals surface area (Å²) in [6.45, 7) is 3.94. The number of aromatic carboxylic acids is 1. The molecule has 4 heteroatoms. The summed E-state index contributed by atoms with van der Waals surface area (Å²) in [6.07, 6.45) is 3.59. The summed E-state index contributed by atoms with van der Waals surface area (Å²) in [4.78, 5) is 14.9. The normalized spacial score (nSPS) is 17.2. The SMILES string of the molecule is Cc1cc(NC2(C)CC2)c(C(=O)O)cn1. The second-order valence-electron chi connectivity index (χ2n) is 4.36. The van der Waals surface area contributed by atoms with Gasteiger partial charge >= 0.3 is 5.97 Å². The zero-order valence-electron chi connectivity index (χ0n) is 8.87. The lowest BCUT2D eigenvalue weighted by atomic mass is 10.2. The summed E-state index contributed by atoms with van der Waals surface area (Å²) in [5, 5.41) is 12.3. The highest BCUT2D eigenvalue weighted by Crippen LogP contribution is 2.38. The molecular formula is C11H14N2O2. The van der Waals surface area contributed by atoms with Crippen molar-refractivity contribution in [3.63, 3.8) is 0 Å². The predicted octanol–water partition coefficient (Wildman–Crippen LogP) is 2.05. The van der Waals surface area contributed by atoms with Crippen LogP contribution in [0.3, 0.4) is 0 Å². The number of pyridine rings is 1. The van der Waals surface area contributed by atoms with Gasteiger partial charge in [0, 0.05) is 17.4 Å². The highest BCUT2D eigenvalue weighted by Gasteiger charge is 2.37. The Bertz CT molecular complexity index is 411. The summed E-state index contributed by atoms with van der Waals surface area (Å²) in [5.41, 5.74) is 1.83. The maximum atomic E-state index is 11.0. The number of nitrogens with one attached hydrogen (secondary N) is 1. The third-order valence-corrected chi connectivity index (χ3v) is 2.71. The molecule has 0 unspecified atom stereocenters. The van der Waals surface area contributed by atoms with Gasteiger partial charge < -0.3 is 10.4 Å². The van der Waals surface area contributed by atoms with E-state index in [1.165, 1.54) is 6.20 Å². The van der Waals surface area contributed by atoms with Crippen molar-refractivity contribution in [1.82, 2.24) is 4.98 Å². The molecule has 1 aliphatic rings.